The smallest absolute Gasteiger partial charge is 0.405 e. The van der Waals surface area contributed by atoms with Crippen molar-refractivity contribution in [1.82, 2.24) is 20.0 Å². The van der Waals surface area contributed by atoms with E-state index in [1.165, 1.54) is 6.07 Å². The van der Waals surface area contributed by atoms with E-state index in [1.807, 2.05) is 13.2 Å². The van der Waals surface area contributed by atoms with Crippen molar-refractivity contribution in [3.8, 4) is 5.75 Å². The summed E-state index contributed by atoms with van der Waals surface area (Å²) in [6, 6.07) is 6.31. The molecule has 7 nitrogen and oxygen atoms in total. The minimum Gasteiger partial charge on any atom is -0.405 e. The maximum Gasteiger partial charge on any atom is 0.573 e. The number of hydrogen-bond acceptors (Lipinski definition) is 4. The van der Waals surface area contributed by atoms with Gasteiger partial charge in [0.05, 0.1) is 19.3 Å². The molecule has 2 fully saturated rings. The Morgan fingerprint density at radius 1 is 1.33 bits per heavy atom. The number of ether oxygens (including phenoxy) is 2. The first-order valence-corrected chi connectivity index (χ1v) is 9.77. The SMILES string of the molecule is CN=C(NC1CC1c1ccccc1OC(F)(F)F)N1CCOC(c2cnn(C)c2)C1. The van der Waals surface area contributed by atoms with Crippen LogP contribution in [0.2, 0.25) is 0 Å². The Morgan fingerprint density at radius 2 is 2.13 bits per heavy atom. The van der Waals surface area contributed by atoms with E-state index in [9.17, 15) is 13.2 Å². The highest BCUT2D eigenvalue weighted by Gasteiger charge is 2.43. The molecule has 3 atom stereocenters. The molecule has 0 radical (unpaired) electrons. The standard InChI is InChI=1S/C20H24F3N5O2/c1-24-19(28-7-8-29-18(12-28)13-10-25-27(2)11-13)26-16-9-15(16)14-5-3-4-6-17(14)30-20(21,22)23/h3-6,10-11,15-16,18H,7-9,12H2,1-2H3,(H,24,26). The molecular weight excluding hydrogens is 399 g/mol. The van der Waals surface area contributed by atoms with Crippen molar-refractivity contribution < 1.29 is 22.6 Å². The molecule has 2 aromatic rings. The number of nitrogens with one attached hydrogen (secondary N) is 1. The predicted octanol–water partition coefficient (Wildman–Crippen LogP) is 2.82. The summed E-state index contributed by atoms with van der Waals surface area (Å²) in [6.07, 6.45) is -0.383. The van der Waals surface area contributed by atoms with Gasteiger partial charge in [0.25, 0.3) is 0 Å². The number of aromatic nitrogens is 2. The van der Waals surface area contributed by atoms with Crippen LogP contribution in [0.4, 0.5) is 13.2 Å². The minimum absolute atomic E-state index is 0.00127. The number of guanidine groups is 1. The quantitative estimate of drug-likeness (QED) is 0.605. The molecule has 1 aliphatic carbocycles. The Labute approximate surface area is 172 Å². The van der Waals surface area contributed by atoms with Crippen molar-refractivity contribution >= 4 is 5.96 Å². The lowest BCUT2D eigenvalue weighted by atomic mass is 10.1. The summed E-state index contributed by atoms with van der Waals surface area (Å²) in [5, 5.41) is 7.59. The summed E-state index contributed by atoms with van der Waals surface area (Å²) in [7, 11) is 3.56. The van der Waals surface area contributed by atoms with Crippen LogP contribution in [0.15, 0.2) is 41.7 Å². The zero-order valence-corrected chi connectivity index (χ0v) is 16.8. The van der Waals surface area contributed by atoms with Crippen LogP contribution in [0.1, 0.15) is 29.6 Å². The molecule has 162 valence electrons. The number of nitrogens with zero attached hydrogens (tertiary/aromatic N) is 4. The highest BCUT2D eigenvalue weighted by atomic mass is 19.4. The Morgan fingerprint density at radius 3 is 2.83 bits per heavy atom. The van der Waals surface area contributed by atoms with Crippen LogP contribution in [0.3, 0.4) is 0 Å². The lowest BCUT2D eigenvalue weighted by molar-refractivity contribution is -0.274. The van der Waals surface area contributed by atoms with E-state index in [1.54, 1.807) is 36.1 Å². The maximum absolute atomic E-state index is 12.7. The van der Waals surface area contributed by atoms with Crippen molar-refractivity contribution in [2.45, 2.75) is 30.8 Å². The molecule has 1 aromatic heterocycles. The van der Waals surface area contributed by atoms with Crippen LogP contribution in [-0.4, -0.2) is 59.8 Å². The highest BCUT2D eigenvalue weighted by molar-refractivity contribution is 5.81. The van der Waals surface area contributed by atoms with Gasteiger partial charge < -0.3 is 19.7 Å². The molecule has 30 heavy (non-hydrogen) atoms. The van der Waals surface area contributed by atoms with Crippen molar-refractivity contribution in [3.63, 3.8) is 0 Å². The second kappa shape index (κ2) is 8.17. The van der Waals surface area contributed by atoms with Crippen LogP contribution in [-0.2, 0) is 11.8 Å². The van der Waals surface area contributed by atoms with Crippen LogP contribution in [0.25, 0.3) is 0 Å². The van der Waals surface area contributed by atoms with E-state index < -0.39 is 6.36 Å². The molecule has 0 amide bonds. The van der Waals surface area contributed by atoms with Crippen LogP contribution in [0.5, 0.6) is 5.75 Å². The molecule has 10 heteroatoms. The largest absolute Gasteiger partial charge is 0.573 e. The normalized spacial score (nSPS) is 24.6. The number of hydrogen-bond donors (Lipinski definition) is 1. The molecule has 1 aliphatic heterocycles. The van der Waals surface area contributed by atoms with Crippen molar-refractivity contribution in [2.75, 3.05) is 26.7 Å². The zero-order valence-electron chi connectivity index (χ0n) is 16.8. The third-order valence-electron chi connectivity index (χ3n) is 5.32. The van der Waals surface area contributed by atoms with Gasteiger partial charge >= 0.3 is 6.36 Å². The minimum atomic E-state index is -4.71. The van der Waals surface area contributed by atoms with E-state index in [2.05, 4.69) is 25.0 Å². The highest BCUT2D eigenvalue weighted by Crippen LogP contribution is 2.45. The van der Waals surface area contributed by atoms with Crippen LogP contribution in [0, 0.1) is 0 Å². The Balaban J connectivity index is 1.40. The molecule has 0 bridgehead atoms. The van der Waals surface area contributed by atoms with E-state index in [0.717, 1.165) is 5.56 Å². The number of morpholine rings is 1. The number of halogens is 3. The predicted molar refractivity (Wildman–Crippen MR) is 104 cm³/mol. The first-order chi connectivity index (χ1) is 14.3. The second-order valence-corrected chi connectivity index (χ2v) is 7.48. The van der Waals surface area contributed by atoms with Gasteiger partial charge in [0.15, 0.2) is 5.96 Å². The summed E-state index contributed by atoms with van der Waals surface area (Å²) in [5.74, 6) is 0.515. The lowest BCUT2D eigenvalue weighted by Gasteiger charge is -2.34. The van der Waals surface area contributed by atoms with Crippen molar-refractivity contribution in [2.24, 2.45) is 12.0 Å². The van der Waals surface area contributed by atoms with Gasteiger partial charge in [-0.3, -0.25) is 9.67 Å². The van der Waals surface area contributed by atoms with Gasteiger partial charge in [-0.2, -0.15) is 5.10 Å². The number of rotatable bonds is 4. The first kappa shape index (κ1) is 20.5. The Hall–Kier alpha value is -2.75. The fourth-order valence-electron chi connectivity index (χ4n) is 3.82. The first-order valence-electron chi connectivity index (χ1n) is 9.77. The zero-order chi connectivity index (χ0) is 21.3. The molecule has 1 aromatic carbocycles. The van der Waals surface area contributed by atoms with Gasteiger partial charge in [0.1, 0.15) is 11.9 Å². The molecule has 3 unspecified atom stereocenters. The maximum atomic E-state index is 12.7. The van der Waals surface area contributed by atoms with Gasteiger partial charge in [-0.15, -0.1) is 13.2 Å². The second-order valence-electron chi connectivity index (χ2n) is 7.48. The number of aryl methyl sites for hydroxylation is 1. The topological polar surface area (TPSA) is 63.9 Å². The fourth-order valence-corrected chi connectivity index (χ4v) is 3.82. The molecule has 1 saturated carbocycles. The van der Waals surface area contributed by atoms with E-state index in [0.29, 0.717) is 37.6 Å². The number of aliphatic imine (C=N–C) groups is 1. The summed E-state index contributed by atoms with van der Waals surface area (Å²) < 4.78 is 49.9. The van der Waals surface area contributed by atoms with Crippen molar-refractivity contribution in [3.05, 3.63) is 47.8 Å². The molecule has 1 saturated heterocycles. The van der Waals surface area contributed by atoms with Gasteiger partial charge in [-0.05, 0) is 18.1 Å². The Kier molecular flexibility index (Phi) is 5.59. The van der Waals surface area contributed by atoms with Crippen LogP contribution < -0.4 is 10.1 Å². The van der Waals surface area contributed by atoms with E-state index in [-0.39, 0.29) is 23.8 Å². The van der Waals surface area contributed by atoms with Gasteiger partial charge in [0, 0.05) is 44.4 Å². The van der Waals surface area contributed by atoms with Gasteiger partial charge in [0.2, 0.25) is 0 Å². The molecule has 4 rings (SSSR count). The third-order valence-corrected chi connectivity index (χ3v) is 5.32. The lowest BCUT2D eigenvalue weighted by Crippen LogP contribution is -2.48. The van der Waals surface area contributed by atoms with Crippen LogP contribution >= 0.6 is 0 Å². The molecule has 2 aliphatic rings. The number of alkyl halides is 3. The van der Waals surface area contributed by atoms with E-state index in [4.69, 9.17) is 4.74 Å². The monoisotopic (exact) mass is 423 g/mol. The number of para-hydroxylation sites is 1. The average Bonchev–Trinajstić information content (AvgIpc) is 3.34. The average molecular weight is 423 g/mol. The van der Waals surface area contributed by atoms with Crippen molar-refractivity contribution in [1.29, 1.82) is 0 Å². The molecule has 1 N–H and O–H groups in total. The molecule has 2 heterocycles. The Bertz CT molecular complexity index is 914. The third kappa shape index (κ3) is 4.69. The summed E-state index contributed by atoms with van der Waals surface area (Å²) in [5.41, 5.74) is 1.55. The summed E-state index contributed by atoms with van der Waals surface area (Å²) in [4.78, 5) is 6.48. The van der Waals surface area contributed by atoms with Gasteiger partial charge in [-0.1, -0.05) is 18.2 Å². The van der Waals surface area contributed by atoms with E-state index >= 15 is 0 Å². The fraction of sp³-hybridized carbons (Fsp3) is 0.500. The summed E-state index contributed by atoms with van der Waals surface area (Å²) >= 11 is 0. The molecular formula is C20H24F3N5O2. The van der Waals surface area contributed by atoms with Gasteiger partial charge in [-0.25, -0.2) is 0 Å². The summed E-state index contributed by atoms with van der Waals surface area (Å²) in [6.45, 7) is 1.86. The molecule has 0 spiro atoms. The number of benzene rings is 1.